The zero-order chi connectivity index (χ0) is 23.3. The summed E-state index contributed by atoms with van der Waals surface area (Å²) in [6, 6.07) is 5.64. The van der Waals surface area contributed by atoms with Crippen molar-refractivity contribution in [2.45, 2.75) is 57.9 Å². The first-order valence-corrected chi connectivity index (χ1v) is 12.5. The first kappa shape index (κ1) is 24.4. The average molecular weight is 460 g/mol. The Labute approximate surface area is 191 Å². The van der Waals surface area contributed by atoms with Crippen LogP contribution in [0.5, 0.6) is 0 Å². The minimum atomic E-state index is -3.72. The van der Waals surface area contributed by atoms with Crippen molar-refractivity contribution in [3.8, 4) is 0 Å². The molecule has 32 heavy (non-hydrogen) atoms. The number of nitrogens with zero attached hydrogens (tertiary/aromatic N) is 1. The van der Waals surface area contributed by atoms with Gasteiger partial charge in [0.05, 0.1) is 10.9 Å². The van der Waals surface area contributed by atoms with E-state index in [2.05, 4.69) is 15.0 Å². The van der Waals surface area contributed by atoms with E-state index in [0.29, 0.717) is 18.1 Å². The topological polar surface area (TPSA) is 97.4 Å². The summed E-state index contributed by atoms with van der Waals surface area (Å²) < 4.78 is 34.1. The van der Waals surface area contributed by atoms with Gasteiger partial charge in [0.1, 0.15) is 0 Å². The number of ether oxygens (including phenoxy) is 1. The SMILES string of the molecule is Cc1cc(C)c(C)c(S(=O)(=O)NCCC(=O)NC(c2cccnc2)C2CCOCC2)c1C. The Morgan fingerprint density at radius 3 is 2.41 bits per heavy atom. The van der Waals surface area contributed by atoms with Crippen molar-refractivity contribution in [1.29, 1.82) is 0 Å². The second kappa shape index (κ2) is 10.6. The second-order valence-corrected chi connectivity index (χ2v) is 10.2. The number of aryl methyl sites for hydroxylation is 2. The fraction of sp³-hybridized carbons (Fsp3) is 0.500. The number of hydrogen-bond donors (Lipinski definition) is 2. The molecule has 8 heteroatoms. The Morgan fingerprint density at radius 2 is 1.81 bits per heavy atom. The van der Waals surface area contributed by atoms with E-state index < -0.39 is 10.0 Å². The zero-order valence-corrected chi connectivity index (χ0v) is 20.1. The maximum atomic E-state index is 13.0. The minimum Gasteiger partial charge on any atom is -0.381 e. The molecule has 1 fully saturated rings. The number of carbonyl (C=O) groups is 1. The average Bonchev–Trinajstić information content (AvgIpc) is 2.77. The van der Waals surface area contributed by atoms with E-state index in [0.717, 1.165) is 40.7 Å². The van der Waals surface area contributed by atoms with Crippen molar-refractivity contribution >= 4 is 15.9 Å². The molecule has 1 atom stereocenters. The highest BCUT2D eigenvalue weighted by molar-refractivity contribution is 7.89. The molecule has 2 aromatic rings. The van der Waals surface area contributed by atoms with Crippen LogP contribution >= 0.6 is 0 Å². The van der Waals surface area contributed by atoms with Gasteiger partial charge < -0.3 is 10.1 Å². The predicted molar refractivity (Wildman–Crippen MR) is 124 cm³/mol. The highest BCUT2D eigenvalue weighted by Gasteiger charge is 2.27. The van der Waals surface area contributed by atoms with Gasteiger partial charge in [-0.25, -0.2) is 13.1 Å². The molecule has 2 heterocycles. The van der Waals surface area contributed by atoms with Gasteiger partial charge in [0.25, 0.3) is 0 Å². The summed E-state index contributed by atoms with van der Waals surface area (Å²) in [5, 5.41) is 3.10. The number of amides is 1. The number of rotatable bonds is 8. The van der Waals surface area contributed by atoms with Gasteiger partial charge in [-0.2, -0.15) is 0 Å². The lowest BCUT2D eigenvalue weighted by atomic mass is 9.87. The summed E-state index contributed by atoms with van der Waals surface area (Å²) >= 11 is 0. The molecule has 0 aliphatic carbocycles. The summed E-state index contributed by atoms with van der Waals surface area (Å²) in [5.74, 6) is 0.0658. The fourth-order valence-corrected chi connectivity index (χ4v) is 5.93. The van der Waals surface area contributed by atoms with E-state index in [1.165, 1.54) is 0 Å². The van der Waals surface area contributed by atoms with Crippen LogP contribution in [0, 0.1) is 33.6 Å². The Bertz CT molecular complexity index is 1020. The first-order chi connectivity index (χ1) is 15.2. The van der Waals surface area contributed by atoms with Crippen LogP contribution in [-0.2, 0) is 19.6 Å². The minimum absolute atomic E-state index is 0.0353. The molecule has 2 N–H and O–H groups in total. The summed E-state index contributed by atoms with van der Waals surface area (Å²) in [6.07, 6.45) is 5.25. The van der Waals surface area contributed by atoms with Gasteiger partial charge in [-0.3, -0.25) is 9.78 Å². The van der Waals surface area contributed by atoms with Crippen molar-refractivity contribution in [2.24, 2.45) is 5.92 Å². The molecule has 3 rings (SSSR count). The first-order valence-electron chi connectivity index (χ1n) is 11.0. The molecule has 1 aliphatic heterocycles. The molecule has 1 aliphatic rings. The Morgan fingerprint density at radius 1 is 1.16 bits per heavy atom. The fourth-order valence-electron chi connectivity index (χ4n) is 4.28. The molecule has 0 spiro atoms. The van der Waals surface area contributed by atoms with Gasteiger partial charge >= 0.3 is 0 Å². The van der Waals surface area contributed by atoms with Crippen LogP contribution < -0.4 is 10.0 Å². The Kier molecular flexibility index (Phi) is 8.03. The lowest BCUT2D eigenvalue weighted by Gasteiger charge is -2.31. The largest absolute Gasteiger partial charge is 0.381 e. The van der Waals surface area contributed by atoms with E-state index in [1.54, 1.807) is 12.4 Å². The highest BCUT2D eigenvalue weighted by Crippen LogP contribution is 2.30. The number of hydrogen-bond acceptors (Lipinski definition) is 5. The van der Waals surface area contributed by atoms with Crippen LogP contribution in [-0.4, -0.2) is 39.1 Å². The number of aromatic nitrogens is 1. The molecule has 0 bridgehead atoms. The molecule has 1 aromatic heterocycles. The van der Waals surface area contributed by atoms with E-state index in [-0.39, 0.29) is 30.8 Å². The standard InChI is InChI=1S/C24H33N3O4S/c1-16-14-17(2)19(4)24(18(16)3)32(29,30)26-11-7-22(28)27-23(20-8-12-31-13-9-20)21-6-5-10-25-15-21/h5-6,10,14-15,20,23,26H,7-9,11-13H2,1-4H3,(H,27,28). The summed E-state index contributed by atoms with van der Waals surface area (Å²) in [7, 11) is -3.72. The second-order valence-electron chi connectivity index (χ2n) is 8.52. The van der Waals surface area contributed by atoms with E-state index in [1.807, 2.05) is 45.9 Å². The third-order valence-corrected chi connectivity index (χ3v) is 8.04. The van der Waals surface area contributed by atoms with Gasteiger partial charge in [-0.1, -0.05) is 12.1 Å². The summed E-state index contributed by atoms with van der Waals surface area (Å²) in [5.41, 5.74) is 4.29. The van der Waals surface area contributed by atoms with Gasteiger partial charge in [0.15, 0.2) is 0 Å². The van der Waals surface area contributed by atoms with Crippen molar-refractivity contribution < 1.29 is 17.9 Å². The monoisotopic (exact) mass is 459 g/mol. The van der Waals surface area contributed by atoms with Gasteiger partial charge in [-0.05, 0) is 80.3 Å². The molecule has 1 saturated heterocycles. The molecule has 7 nitrogen and oxygen atoms in total. The molecule has 1 aromatic carbocycles. The predicted octanol–water partition coefficient (Wildman–Crippen LogP) is 3.27. The van der Waals surface area contributed by atoms with Gasteiger partial charge in [0.2, 0.25) is 15.9 Å². The zero-order valence-electron chi connectivity index (χ0n) is 19.3. The molecule has 0 radical (unpaired) electrons. The number of nitrogens with one attached hydrogen (secondary N) is 2. The maximum Gasteiger partial charge on any atom is 0.241 e. The van der Waals surface area contributed by atoms with Crippen LogP contribution in [0.15, 0.2) is 35.5 Å². The van der Waals surface area contributed by atoms with Gasteiger partial charge in [0, 0.05) is 38.6 Å². The molecule has 1 amide bonds. The van der Waals surface area contributed by atoms with E-state index in [4.69, 9.17) is 4.74 Å². The molecule has 0 saturated carbocycles. The number of pyridine rings is 1. The van der Waals surface area contributed by atoms with Crippen molar-refractivity contribution in [2.75, 3.05) is 19.8 Å². The van der Waals surface area contributed by atoms with Crippen molar-refractivity contribution in [1.82, 2.24) is 15.0 Å². The maximum absolute atomic E-state index is 13.0. The quantitative estimate of drug-likeness (QED) is 0.631. The van der Waals surface area contributed by atoms with Crippen LogP contribution in [0.4, 0.5) is 0 Å². The lowest BCUT2D eigenvalue weighted by molar-refractivity contribution is -0.122. The number of benzene rings is 1. The number of sulfonamides is 1. The molecular weight excluding hydrogens is 426 g/mol. The van der Waals surface area contributed by atoms with E-state index in [9.17, 15) is 13.2 Å². The molecule has 1 unspecified atom stereocenters. The van der Waals surface area contributed by atoms with Crippen LogP contribution in [0.25, 0.3) is 0 Å². The van der Waals surface area contributed by atoms with Crippen LogP contribution in [0.3, 0.4) is 0 Å². The van der Waals surface area contributed by atoms with Crippen LogP contribution in [0.1, 0.15) is 53.1 Å². The Hall–Kier alpha value is -2.29. The smallest absolute Gasteiger partial charge is 0.241 e. The molecule has 174 valence electrons. The van der Waals surface area contributed by atoms with E-state index >= 15 is 0 Å². The lowest BCUT2D eigenvalue weighted by Crippen LogP contribution is -2.38. The molecular formula is C24H33N3O4S. The summed E-state index contributed by atoms with van der Waals surface area (Å²) in [6.45, 7) is 8.82. The Balaban J connectivity index is 1.66. The van der Waals surface area contributed by atoms with Crippen molar-refractivity contribution in [3.63, 3.8) is 0 Å². The highest BCUT2D eigenvalue weighted by atomic mass is 32.2. The van der Waals surface area contributed by atoms with Gasteiger partial charge in [-0.15, -0.1) is 0 Å². The number of carbonyl (C=O) groups excluding carboxylic acids is 1. The van der Waals surface area contributed by atoms with Crippen LogP contribution in [0.2, 0.25) is 0 Å². The summed E-state index contributed by atoms with van der Waals surface area (Å²) in [4.78, 5) is 17.2. The third-order valence-electron chi connectivity index (χ3n) is 6.31. The van der Waals surface area contributed by atoms with Crippen molar-refractivity contribution in [3.05, 3.63) is 58.4 Å². The third kappa shape index (κ3) is 5.74. The normalized spacial score (nSPS) is 16.0.